The standard InChI is InChI=1S/C17H20ClNOS/c1-3-12(4-2)16-10-7-14(18)11-17(16)13-5-8-15(9-6-13)21(19)20/h5-12H,3-4,19H2,1-2H3. The Morgan fingerprint density at radius 3 is 2.24 bits per heavy atom. The second-order valence-corrected chi connectivity index (χ2v) is 6.57. The van der Waals surface area contributed by atoms with E-state index in [1.165, 1.54) is 5.56 Å². The summed E-state index contributed by atoms with van der Waals surface area (Å²) < 4.78 is 11.3. The van der Waals surface area contributed by atoms with Gasteiger partial charge in [-0.15, -0.1) is 5.14 Å². The summed E-state index contributed by atoms with van der Waals surface area (Å²) in [6, 6.07) is 13.6. The third kappa shape index (κ3) is 3.80. The first-order chi connectivity index (χ1) is 10.1. The van der Waals surface area contributed by atoms with E-state index in [1.54, 1.807) is 0 Å². The molecule has 0 bridgehead atoms. The maximum absolute atomic E-state index is 11.3. The van der Waals surface area contributed by atoms with Crippen molar-refractivity contribution in [3.8, 4) is 11.1 Å². The molecule has 2 rings (SSSR count). The number of benzene rings is 2. The molecule has 0 aliphatic heterocycles. The Morgan fingerprint density at radius 1 is 1.10 bits per heavy atom. The monoisotopic (exact) mass is 321 g/mol. The highest BCUT2D eigenvalue weighted by Crippen LogP contribution is 2.35. The molecular formula is C17H20ClNOS. The number of nitrogens with two attached hydrogens (primary N) is 1. The first kappa shape index (κ1) is 16.4. The lowest BCUT2D eigenvalue weighted by Crippen LogP contribution is -2.11. The van der Waals surface area contributed by atoms with Crippen LogP contribution in [-0.4, -0.2) is 4.55 Å². The van der Waals surface area contributed by atoms with Crippen molar-refractivity contribution in [3.63, 3.8) is 0 Å². The van der Waals surface area contributed by atoms with Crippen molar-refractivity contribution in [2.24, 2.45) is 5.14 Å². The molecule has 0 radical (unpaired) electrons. The Morgan fingerprint density at radius 2 is 1.71 bits per heavy atom. The Hall–Kier alpha value is -1.00. The number of halogens is 1. The van der Waals surface area contributed by atoms with Crippen LogP contribution in [0.5, 0.6) is 0 Å². The van der Waals surface area contributed by atoms with Crippen LogP contribution in [-0.2, 0) is 11.4 Å². The number of rotatable bonds is 5. The van der Waals surface area contributed by atoms with Crippen LogP contribution >= 0.6 is 11.6 Å². The molecule has 0 heterocycles. The largest absolute Gasteiger partial charge is 0.593 e. The van der Waals surface area contributed by atoms with Crippen LogP contribution in [0.1, 0.15) is 38.2 Å². The van der Waals surface area contributed by atoms with Gasteiger partial charge in [0.15, 0.2) is 4.90 Å². The van der Waals surface area contributed by atoms with Gasteiger partial charge in [0.05, 0.1) is 11.4 Å². The summed E-state index contributed by atoms with van der Waals surface area (Å²) in [7, 11) is 0. The second kappa shape index (κ2) is 7.32. The Bertz CT molecular complexity index is 594. The van der Waals surface area contributed by atoms with Gasteiger partial charge in [-0.25, -0.2) is 0 Å². The second-order valence-electron chi connectivity index (χ2n) is 5.07. The lowest BCUT2D eigenvalue weighted by Gasteiger charge is -2.18. The van der Waals surface area contributed by atoms with Gasteiger partial charge in [-0.3, -0.25) is 0 Å². The van der Waals surface area contributed by atoms with E-state index in [0.717, 1.165) is 29.0 Å². The first-order valence-electron chi connectivity index (χ1n) is 7.12. The summed E-state index contributed by atoms with van der Waals surface area (Å²) in [6.45, 7) is 4.40. The van der Waals surface area contributed by atoms with Gasteiger partial charge in [-0.05, 0) is 71.8 Å². The summed E-state index contributed by atoms with van der Waals surface area (Å²) in [5.74, 6) is 0.514. The molecule has 4 heteroatoms. The maximum Gasteiger partial charge on any atom is 0.173 e. The van der Waals surface area contributed by atoms with Crippen LogP contribution in [0.3, 0.4) is 0 Å². The molecular weight excluding hydrogens is 302 g/mol. The van der Waals surface area contributed by atoms with E-state index in [2.05, 4.69) is 19.9 Å². The van der Waals surface area contributed by atoms with Gasteiger partial charge in [0.25, 0.3) is 0 Å². The van der Waals surface area contributed by atoms with Gasteiger partial charge in [-0.1, -0.05) is 31.5 Å². The topological polar surface area (TPSA) is 49.1 Å². The van der Waals surface area contributed by atoms with Crippen molar-refractivity contribution in [3.05, 3.63) is 53.1 Å². The molecule has 2 nitrogen and oxygen atoms in total. The molecule has 0 aromatic heterocycles. The van der Waals surface area contributed by atoms with E-state index >= 15 is 0 Å². The van der Waals surface area contributed by atoms with E-state index in [0.29, 0.717) is 10.8 Å². The minimum absolute atomic E-state index is 0.514. The summed E-state index contributed by atoms with van der Waals surface area (Å²) in [5, 5.41) is 6.13. The SMILES string of the molecule is CCC(CC)c1ccc(Cl)cc1-c1ccc([S+](N)[O-])cc1. The van der Waals surface area contributed by atoms with Crippen molar-refractivity contribution < 1.29 is 4.55 Å². The zero-order valence-electron chi connectivity index (χ0n) is 12.3. The molecule has 0 aliphatic carbocycles. The first-order valence-corrected chi connectivity index (χ1v) is 8.72. The van der Waals surface area contributed by atoms with Crippen LogP contribution in [0.15, 0.2) is 47.4 Å². The Kier molecular flexibility index (Phi) is 5.71. The lowest BCUT2D eigenvalue weighted by molar-refractivity contribution is 0.597. The van der Waals surface area contributed by atoms with Crippen molar-refractivity contribution in [1.29, 1.82) is 0 Å². The molecule has 0 aliphatic rings. The highest BCUT2D eigenvalue weighted by molar-refractivity contribution is 7.89. The van der Waals surface area contributed by atoms with Crippen LogP contribution in [0, 0.1) is 0 Å². The minimum Gasteiger partial charge on any atom is -0.593 e. The van der Waals surface area contributed by atoms with Gasteiger partial charge in [0, 0.05) is 5.02 Å². The van der Waals surface area contributed by atoms with E-state index < -0.39 is 11.4 Å². The summed E-state index contributed by atoms with van der Waals surface area (Å²) >= 11 is 4.73. The van der Waals surface area contributed by atoms with Crippen LogP contribution in [0.4, 0.5) is 0 Å². The van der Waals surface area contributed by atoms with Gasteiger partial charge in [0.1, 0.15) is 0 Å². The number of hydrogen-bond donors (Lipinski definition) is 1. The van der Waals surface area contributed by atoms with E-state index in [9.17, 15) is 4.55 Å². The fourth-order valence-corrected chi connectivity index (χ4v) is 3.21. The van der Waals surface area contributed by atoms with Crippen molar-refractivity contribution in [1.82, 2.24) is 0 Å². The normalized spacial score (nSPS) is 12.7. The van der Waals surface area contributed by atoms with Crippen molar-refractivity contribution in [2.45, 2.75) is 37.5 Å². The number of hydrogen-bond acceptors (Lipinski definition) is 2. The maximum atomic E-state index is 11.3. The molecule has 0 amide bonds. The van der Waals surface area contributed by atoms with Crippen LogP contribution < -0.4 is 5.14 Å². The lowest BCUT2D eigenvalue weighted by atomic mass is 9.87. The fraction of sp³-hybridized carbons (Fsp3) is 0.294. The van der Waals surface area contributed by atoms with Gasteiger partial charge < -0.3 is 4.55 Å². The van der Waals surface area contributed by atoms with Crippen molar-refractivity contribution in [2.75, 3.05) is 0 Å². The molecule has 2 aromatic carbocycles. The van der Waals surface area contributed by atoms with Gasteiger partial charge in [0.2, 0.25) is 0 Å². The highest BCUT2D eigenvalue weighted by Gasteiger charge is 2.14. The van der Waals surface area contributed by atoms with E-state index in [-0.39, 0.29) is 0 Å². The predicted molar refractivity (Wildman–Crippen MR) is 90.8 cm³/mol. The van der Waals surface area contributed by atoms with Crippen LogP contribution in [0.25, 0.3) is 11.1 Å². The van der Waals surface area contributed by atoms with Gasteiger partial charge in [-0.2, -0.15) is 0 Å². The van der Waals surface area contributed by atoms with Gasteiger partial charge >= 0.3 is 0 Å². The average Bonchev–Trinajstić information content (AvgIpc) is 2.50. The smallest absolute Gasteiger partial charge is 0.173 e. The fourth-order valence-electron chi connectivity index (χ4n) is 2.63. The van der Waals surface area contributed by atoms with E-state index in [4.69, 9.17) is 16.7 Å². The average molecular weight is 322 g/mol. The summed E-state index contributed by atoms with van der Waals surface area (Å²) in [5.41, 5.74) is 3.53. The molecule has 0 saturated carbocycles. The third-order valence-corrected chi connectivity index (χ3v) is 4.81. The Balaban J connectivity index is 2.48. The van der Waals surface area contributed by atoms with Crippen molar-refractivity contribution >= 4 is 23.0 Å². The minimum atomic E-state index is -1.44. The molecule has 2 N–H and O–H groups in total. The molecule has 0 saturated heterocycles. The van der Waals surface area contributed by atoms with Crippen LogP contribution in [0.2, 0.25) is 5.02 Å². The third-order valence-electron chi connectivity index (χ3n) is 3.84. The predicted octanol–water partition coefficient (Wildman–Crippen LogP) is 4.89. The Labute approximate surface area is 134 Å². The van der Waals surface area contributed by atoms with E-state index in [1.807, 2.05) is 36.4 Å². The molecule has 0 spiro atoms. The highest BCUT2D eigenvalue weighted by atomic mass is 35.5. The zero-order valence-corrected chi connectivity index (χ0v) is 13.9. The molecule has 2 aromatic rings. The summed E-state index contributed by atoms with van der Waals surface area (Å²) in [4.78, 5) is 0.630. The molecule has 21 heavy (non-hydrogen) atoms. The summed E-state index contributed by atoms with van der Waals surface area (Å²) in [6.07, 6.45) is 2.19. The quantitative estimate of drug-likeness (QED) is 0.797. The zero-order chi connectivity index (χ0) is 15.4. The molecule has 0 fully saturated rings. The molecule has 1 unspecified atom stereocenters. The molecule has 1 atom stereocenters. The molecule has 112 valence electrons.